The molecule has 1 N–H and O–H groups in total. The zero-order chi connectivity index (χ0) is 20.1. The van der Waals surface area contributed by atoms with Gasteiger partial charge in [-0.05, 0) is 45.0 Å². The maximum atomic E-state index is 12.4. The average Bonchev–Trinajstić information content (AvgIpc) is 3.09. The molecular formula is C20H20N4O4. The van der Waals surface area contributed by atoms with Crippen LogP contribution in [-0.2, 0) is 4.74 Å². The molecule has 1 heterocycles. The van der Waals surface area contributed by atoms with Crippen LogP contribution >= 0.6 is 0 Å². The Balaban J connectivity index is 1.90. The Hall–Kier alpha value is -3.68. The fraction of sp³-hybridized carbons (Fsp3) is 0.200. The van der Waals surface area contributed by atoms with Crippen LogP contribution in [0.2, 0.25) is 0 Å². The number of carbonyl (C=O) groups is 1. The minimum atomic E-state index is -0.716. The molecule has 0 amide bonds. The molecule has 0 aliphatic heterocycles. The zero-order valence-corrected chi connectivity index (χ0v) is 15.8. The van der Waals surface area contributed by atoms with Crippen molar-refractivity contribution in [2.75, 3.05) is 6.61 Å². The summed E-state index contributed by atoms with van der Waals surface area (Å²) in [7, 11) is 0. The number of aryl methyl sites for hydroxylation is 2. The summed E-state index contributed by atoms with van der Waals surface area (Å²) in [6, 6.07) is 14.0. The number of aromatic nitrogens is 3. The molecule has 144 valence electrons. The van der Waals surface area contributed by atoms with Crippen LogP contribution < -0.4 is 9.47 Å². The monoisotopic (exact) mass is 380 g/mol. The normalized spacial score (nSPS) is 10.4. The molecule has 8 heteroatoms. The van der Waals surface area contributed by atoms with E-state index in [1.165, 1.54) is 0 Å². The quantitative estimate of drug-likeness (QED) is 0.411. The fourth-order valence-corrected chi connectivity index (χ4v) is 2.33. The van der Waals surface area contributed by atoms with E-state index in [1.54, 1.807) is 31.2 Å². The third kappa shape index (κ3) is 4.35. The molecule has 8 nitrogen and oxygen atoms in total. The van der Waals surface area contributed by atoms with E-state index in [-0.39, 0.29) is 18.2 Å². The Bertz CT molecular complexity index is 978. The highest BCUT2D eigenvalue weighted by Gasteiger charge is 2.27. The van der Waals surface area contributed by atoms with Crippen molar-refractivity contribution >= 4 is 12.0 Å². The Morgan fingerprint density at radius 2 is 1.57 bits per heavy atom. The van der Waals surface area contributed by atoms with Gasteiger partial charge in [-0.25, -0.2) is 10.2 Å². The smallest absolute Gasteiger partial charge is 0.363 e. The second-order valence-electron chi connectivity index (χ2n) is 6.01. The number of ether oxygens (including phenoxy) is 3. The van der Waals surface area contributed by atoms with Crippen molar-refractivity contribution in [2.24, 2.45) is 0 Å². The maximum absolute atomic E-state index is 12.4. The maximum Gasteiger partial charge on any atom is 0.363 e. The van der Waals surface area contributed by atoms with Crippen molar-refractivity contribution in [3.05, 3.63) is 65.4 Å². The van der Waals surface area contributed by atoms with Gasteiger partial charge in [-0.2, -0.15) is 4.68 Å². The van der Waals surface area contributed by atoms with Gasteiger partial charge >= 0.3 is 12.0 Å². The van der Waals surface area contributed by atoms with Crippen molar-refractivity contribution < 1.29 is 19.0 Å². The summed E-state index contributed by atoms with van der Waals surface area (Å²) in [6.07, 6.45) is 0. The molecule has 1 aromatic heterocycles. The summed E-state index contributed by atoms with van der Waals surface area (Å²) in [4.78, 5) is 12.4. The van der Waals surface area contributed by atoms with Crippen molar-refractivity contribution in [3.63, 3.8) is 0 Å². The standard InChI is InChI=1S/C20H20N4O4/c1-4-26-19(25)17-18(27-15-9-5-13(2)6-10-15)22-23-24(17)20(21)28-16-11-7-14(3)8-12-16/h5-12,21H,4H2,1-3H3. The first-order valence-electron chi connectivity index (χ1n) is 8.68. The Morgan fingerprint density at radius 1 is 1.00 bits per heavy atom. The minimum Gasteiger partial charge on any atom is -0.461 e. The molecule has 0 atom stereocenters. The van der Waals surface area contributed by atoms with Gasteiger partial charge in [-0.1, -0.05) is 45.7 Å². The van der Waals surface area contributed by atoms with Gasteiger partial charge in [0.05, 0.1) is 6.61 Å². The molecule has 0 aliphatic rings. The highest BCUT2D eigenvalue weighted by atomic mass is 16.5. The van der Waals surface area contributed by atoms with E-state index in [1.807, 2.05) is 38.1 Å². The Labute approximate surface area is 162 Å². The third-order valence-electron chi connectivity index (χ3n) is 3.77. The number of benzene rings is 2. The summed E-state index contributed by atoms with van der Waals surface area (Å²) in [6.45, 7) is 5.73. The van der Waals surface area contributed by atoms with E-state index in [9.17, 15) is 4.79 Å². The van der Waals surface area contributed by atoms with Gasteiger partial charge in [0, 0.05) is 0 Å². The third-order valence-corrected chi connectivity index (χ3v) is 3.77. The molecule has 0 saturated heterocycles. The lowest BCUT2D eigenvalue weighted by molar-refractivity contribution is 0.0512. The van der Waals surface area contributed by atoms with Gasteiger partial charge in [0.1, 0.15) is 11.5 Å². The van der Waals surface area contributed by atoms with Crippen molar-refractivity contribution in [2.45, 2.75) is 20.8 Å². The van der Waals surface area contributed by atoms with Crippen LogP contribution in [-0.4, -0.2) is 33.6 Å². The first-order valence-corrected chi connectivity index (χ1v) is 8.68. The first-order chi connectivity index (χ1) is 13.5. The molecule has 28 heavy (non-hydrogen) atoms. The molecule has 0 aliphatic carbocycles. The molecule has 0 radical (unpaired) electrons. The van der Waals surface area contributed by atoms with E-state index < -0.39 is 12.0 Å². The molecule has 0 spiro atoms. The predicted molar refractivity (Wildman–Crippen MR) is 102 cm³/mol. The summed E-state index contributed by atoms with van der Waals surface area (Å²) in [5, 5.41) is 15.9. The zero-order valence-electron chi connectivity index (χ0n) is 15.8. The number of rotatable bonds is 5. The van der Waals surface area contributed by atoms with Gasteiger partial charge in [0.25, 0.3) is 5.88 Å². The van der Waals surface area contributed by atoms with Crippen molar-refractivity contribution in [3.8, 4) is 17.4 Å². The number of carbonyl (C=O) groups excluding carboxylic acids is 1. The van der Waals surface area contributed by atoms with E-state index in [0.717, 1.165) is 15.8 Å². The van der Waals surface area contributed by atoms with E-state index in [0.29, 0.717) is 11.5 Å². The molecular weight excluding hydrogens is 360 g/mol. The molecule has 0 unspecified atom stereocenters. The highest BCUT2D eigenvalue weighted by Crippen LogP contribution is 2.24. The average molecular weight is 380 g/mol. The summed E-state index contributed by atoms with van der Waals surface area (Å²) >= 11 is 0. The van der Waals surface area contributed by atoms with E-state index in [2.05, 4.69) is 10.3 Å². The van der Waals surface area contributed by atoms with E-state index >= 15 is 0 Å². The molecule has 3 rings (SSSR count). The van der Waals surface area contributed by atoms with Crippen LogP contribution in [0.4, 0.5) is 0 Å². The lowest BCUT2D eigenvalue weighted by atomic mass is 10.2. The van der Waals surface area contributed by atoms with Crippen LogP contribution in [0.1, 0.15) is 28.5 Å². The van der Waals surface area contributed by atoms with Gasteiger partial charge in [0.2, 0.25) is 5.69 Å². The van der Waals surface area contributed by atoms with Crippen molar-refractivity contribution in [1.82, 2.24) is 15.0 Å². The molecule has 3 aromatic rings. The van der Waals surface area contributed by atoms with Gasteiger partial charge in [-0.3, -0.25) is 0 Å². The number of hydrogen-bond donors (Lipinski definition) is 1. The fourth-order valence-electron chi connectivity index (χ4n) is 2.33. The molecule has 2 aromatic carbocycles. The van der Waals surface area contributed by atoms with Crippen LogP contribution in [0.15, 0.2) is 48.5 Å². The Morgan fingerprint density at radius 3 is 2.14 bits per heavy atom. The largest absolute Gasteiger partial charge is 0.461 e. The highest BCUT2D eigenvalue weighted by molar-refractivity contribution is 5.94. The summed E-state index contributed by atoms with van der Waals surface area (Å²) in [5.41, 5.74) is 2.00. The van der Waals surface area contributed by atoms with Gasteiger partial charge in [-0.15, -0.1) is 0 Å². The lowest BCUT2D eigenvalue weighted by Gasteiger charge is -2.10. The first kappa shape index (κ1) is 19.1. The topological polar surface area (TPSA) is 99.3 Å². The van der Waals surface area contributed by atoms with Gasteiger partial charge in [0.15, 0.2) is 0 Å². The summed E-state index contributed by atoms with van der Waals surface area (Å²) < 4.78 is 17.2. The Kier molecular flexibility index (Phi) is 5.69. The second-order valence-corrected chi connectivity index (χ2v) is 6.01. The van der Waals surface area contributed by atoms with Crippen LogP contribution in [0.25, 0.3) is 0 Å². The predicted octanol–water partition coefficient (Wildman–Crippen LogP) is 3.73. The minimum absolute atomic E-state index is 0.0699. The van der Waals surface area contributed by atoms with Crippen LogP contribution in [0.3, 0.4) is 0 Å². The van der Waals surface area contributed by atoms with Crippen molar-refractivity contribution in [1.29, 1.82) is 5.41 Å². The molecule has 0 saturated carbocycles. The van der Waals surface area contributed by atoms with Crippen LogP contribution in [0.5, 0.6) is 17.4 Å². The SMILES string of the molecule is CCOC(=O)c1c(Oc2ccc(C)cc2)nnn1C(=N)Oc1ccc(C)cc1. The number of nitrogens with zero attached hydrogens (tertiary/aromatic N) is 3. The lowest BCUT2D eigenvalue weighted by Crippen LogP contribution is -2.24. The van der Waals surface area contributed by atoms with E-state index in [4.69, 9.17) is 19.6 Å². The molecule has 0 fully saturated rings. The molecule has 0 bridgehead atoms. The summed E-state index contributed by atoms with van der Waals surface area (Å²) in [5.74, 6) is 0.127. The number of hydrogen-bond acceptors (Lipinski definition) is 7. The number of esters is 1. The van der Waals surface area contributed by atoms with Gasteiger partial charge < -0.3 is 14.2 Å². The van der Waals surface area contributed by atoms with Crippen LogP contribution in [0, 0.1) is 19.3 Å². The second kappa shape index (κ2) is 8.34. The number of nitrogens with one attached hydrogen (secondary N) is 1.